The molecule has 0 aromatic heterocycles. The number of hydrogen-bond acceptors (Lipinski definition) is 3. The van der Waals surface area contributed by atoms with Gasteiger partial charge in [0.25, 0.3) is 0 Å². The summed E-state index contributed by atoms with van der Waals surface area (Å²) in [4.78, 5) is -0.0800. The van der Waals surface area contributed by atoms with Crippen molar-refractivity contribution in [2.24, 2.45) is 5.41 Å². The van der Waals surface area contributed by atoms with Crippen LogP contribution in [0.5, 0.6) is 0 Å². The Kier molecular flexibility index (Phi) is 4.34. The van der Waals surface area contributed by atoms with Gasteiger partial charge in [-0.25, -0.2) is 17.5 Å². The topological polar surface area (TPSA) is 72.2 Å². The summed E-state index contributed by atoms with van der Waals surface area (Å²) < 4.78 is 40.3. The normalized spacial score (nSPS) is 18.9. The highest BCUT2D eigenvalue weighted by atomic mass is 32.2. The van der Waals surface area contributed by atoms with Crippen LogP contribution in [0.25, 0.3) is 0 Å². The molecular weight excluding hydrogens is 279 g/mol. The predicted octanol–water partition coefficient (Wildman–Crippen LogP) is 2.66. The quantitative estimate of drug-likeness (QED) is 0.840. The molecule has 1 aliphatic carbocycles. The van der Waals surface area contributed by atoms with Crippen molar-refractivity contribution in [3.63, 3.8) is 0 Å². The number of hydrogen-bond donors (Lipinski definition) is 2. The fourth-order valence-electron chi connectivity index (χ4n) is 2.61. The first-order chi connectivity index (χ1) is 9.32. The molecule has 0 saturated heterocycles. The third-order valence-electron chi connectivity index (χ3n) is 4.03. The van der Waals surface area contributed by atoms with Crippen LogP contribution in [0, 0.1) is 11.2 Å². The highest BCUT2D eigenvalue weighted by Gasteiger charge is 2.28. The Balaban J connectivity index is 2.09. The van der Waals surface area contributed by atoms with Crippen molar-refractivity contribution in [3.05, 3.63) is 24.0 Å². The average molecular weight is 300 g/mol. The molecule has 2 rings (SSSR count). The van der Waals surface area contributed by atoms with E-state index in [0.717, 1.165) is 31.7 Å². The van der Waals surface area contributed by atoms with Crippen molar-refractivity contribution in [2.75, 3.05) is 12.3 Å². The first-order valence-corrected chi connectivity index (χ1v) is 8.35. The summed E-state index contributed by atoms with van der Waals surface area (Å²) >= 11 is 0. The van der Waals surface area contributed by atoms with E-state index < -0.39 is 15.8 Å². The van der Waals surface area contributed by atoms with Crippen LogP contribution in [0.15, 0.2) is 23.1 Å². The van der Waals surface area contributed by atoms with Crippen molar-refractivity contribution in [1.82, 2.24) is 4.72 Å². The van der Waals surface area contributed by atoms with Gasteiger partial charge in [0.15, 0.2) is 0 Å². The van der Waals surface area contributed by atoms with Gasteiger partial charge in [0.05, 0.1) is 10.6 Å². The number of sulfonamides is 1. The Labute approximate surface area is 119 Å². The molecule has 6 heteroatoms. The molecule has 0 aliphatic heterocycles. The third kappa shape index (κ3) is 3.49. The molecule has 1 aromatic rings. The number of benzene rings is 1. The van der Waals surface area contributed by atoms with Crippen molar-refractivity contribution < 1.29 is 12.8 Å². The van der Waals surface area contributed by atoms with Gasteiger partial charge in [-0.2, -0.15) is 0 Å². The lowest BCUT2D eigenvalue weighted by atomic mass is 9.76. The molecule has 0 radical (unpaired) electrons. The van der Waals surface area contributed by atoms with E-state index in [-0.39, 0.29) is 16.0 Å². The van der Waals surface area contributed by atoms with Gasteiger partial charge < -0.3 is 5.73 Å². The summed E-state index contributed by atoms with van der Waals surface area (Å²) in [5.41, 5.74) is 5.30. The van der Waals surface area contributed by atoms with E-state index in [1.165, 1.54) is 18.6 Å². The highest BCUT2D eigenvalue weighted by molar-refractivity contribution is 7.89. The molecule has 1 fully saturated rings. The molecule has 0 bridgehead atoms. The Morgan fingerprint density at radius 3 is 2.55 bits per heavy atom. The number of nitrogen functional groups attached to an aromatic ring is 1. The number of halogens is 1. The van der Waals surface area contributed by atoms with E-state index >= 15 is 0 Å². The molecular formula is C14H21FN2O2S. The molecule has 0 spiro atoms. The maximum absolute atomic E-state index is 13.4. The van der Waals surface area contributed by atoms with Crippen molar-refractivity contribution in [2.45, 2.75) is 43.9 Å². The molecule has 112 valence electrons. The molecule has 0 heterocycles. The summed E-state index contributed by atoms with van der Waals surface area (Å²) in [6.07, 6.45) is 5.52. The van der Waals surface area contributed by atoms with Gasteiger partial charge >= 0.3 is 0 Å². The molecule has 0 unspecified atom stereocenters. The number of nitrogens with two attached hydrogens (primary N) is 1. The van der Waals surface area contributed by atoms with Crippen LogP contribution in [-0.4, -0.2) is 15.0 Å². The molecule has 4 nitrogen and oxygen atoms in total. The Morgan fingerprint density at radius 1 is 1.30 bits per heavy atom. The van der Waals surface area contributed by atoms with Gasteiger partial charge in [0, 0.05) is 6.54 Å². The van der Waals surface area contributed by atoms with Gasteiger partial charge in [0.1, 0.15) is 5.82 Å². The van der Waals surface area contributed by atoms with Crippen molar-refractivity contribution in [1.29, 1.82) is 0 Å². The second-order valence-electron chi connectivity index (χ2n) is 5.88. The smallest absolute Gasteiger partial charge is 0.240 e. The van der Waals surface area contributed by atoms with Crippen LogP contribution in [0.2, 0.25) is 0 Å². The largest absolute Gasteiger partial charge is 0.396 e. The molecule has 1 aromatic carbocycles. The summed E-state index contributed by atoms with van der Waals surface area (Å²) in [5, 5.41) is 0. The molecule has 1 saturated carbocycles. The minimum Gasteiger partial charge on any atom is -0.396 e. The monoisotopic (exact) mass is 300 g/mol. The lowest BCUT2D eigenvalue weighted by Crippen LogP contribution is -2.37. The molecule has 20 heavy (non-hydrogen) atoms. The van der Waals surface area contributed by atoms with Gasteiger partial charge in [-0.15, -0.1) is 0 Å². The minimum atomic E-state index is -3.68. The fourth-order valence-corrected chi connectivity index (χ4v) is 3.82. The molecule has 0 amide bonds. The van der Waals surface area contributed by atoms with E-state index in [2.05, 4.69) is 11.6 Å². The van der Waals surface area contributed by atoms with Crippen LogP contribution in [0.4, 0.5) is 10.1 Å². The second kappa shape index (κ2) is 5.69. The van der Waals surface area contributed by atoms with Crippen LogP contribution in [0.3, 0.4) is 0 Å². The van der Waals surface area contributed by atoms with Crippen molar-refractivity contribution in [3.8, 4) is 0 Å². The standard InChI is InChI=1S/C14H21FN2O2S/c1-14(7-3-2-4-8-14)10-17-20(18,19)11-5-6-13(16)12(15)9-11/h5-6,9,17H,2-4,7-8,10,16H2,1H3. The Hall–Kier alpha value is -1.14. The fraction of sp³-hybridized carbons (Fsp3) is 0.571. The molecule has 1 aliphatic rings. The van der Waals surface area contributed by atoms with Crippen molar-refractivity contribution >= 4 is 15.7 Å². The average Bonchev–Trinajstić information content (AvgIpc) is 2.41. The van der Waals surface area contributed by atoms with Crippen LogP contribution in [-0.2, 0) is 10.0 Å². The summed E-state index contributed by atoms with van der Waals surface area (Å²) in [5.74, 6) is -0.711. The lowest BCUT2D eigenvalue weighted by molar-refractivity contribution is 0.219. The third-order valence-corrected chi connectivity index (χ3v) is 5.43. The van der Waals surface area contributed by atoms with Gasteiger partial charge in [-0.1, -0.05) is 26.2 Å². The van der Waals surface area contributed by atoms with Gasteiger partial charge in [-0.05, 0) is 36.5 Å². The van der Waals surface area contributed by atoms with Crippen LogP contribution >= 0.6 is 0 Å². The number of nitrogens with one attached hydrogen (secondary N) is 1. The van der Waals surface area contributed by atoms with Crippen LogP contribution in [0.1, 0.15) is 39.0 Å². The summed E-state index contributed by atoms with van der Waals surface area (Å²) in [6.45, 7) is 2.49. The summed E-state index contributed by atoms with van der Waals surface area (Å²) in [6, 6.07) is 3.55. The number of anilines is 1. The minimum absolute atomic E-state index is 0.00231. The Bertz CT molecular complexity index is 581. The van der Waals surface area contributed by atoms with E-state index in [1.807, 2.05) is 0 Å². The lowest BCUT2D eigenvalue weighted by Gasteiger charge is -2.33. The second-order valence-corrected chi connectivity index (χ2v) is 7.65. The van der Waals surface area contributed by atoms with Gasteiger partial charge in [-0.3, -0.25) is 0 Å². The summed E-state index contributed by atoms with van der Waals surface area (Å²) in [7, 11) is -3.68. The maximum Gasteiger partial charge on any atom is 0.240 e. The first-order valence-electron chi connectivity index (χ1n) is 6.87. The molecule has 3 N–H and O–H groups in total. The predicted molar refractivity (Wildman–Crippen MR) is 77.2 cm³/mol. The van der Waals surface area contributed by atoms with E-state index in [4.69, 9.17) is 5.73 Å². The zero-order chi connectivity index (χ0) is 14.8. The SMILES string of the molecule is CC1(CNS(=O)(=O)c2ccc(N)c(F)c2)CCCCC1. The van der Waals surface area contributed by atoms with E-state index in [1.54, 1.807) is 0 Å². The zero-order valence-electron chi connectivity index (χ0n) is 11.7. The van der Waals surface area contributed by atoms with E-state index in [9.17, 15) is 12.8 Å². The number of rotatable bonds is 4. The highest BCUT2D eigenvalue weighted by Crippen LogP contribution is 2.35. The Morgan fingerprint density at radius 2 is 1.95 bits per heavy atom. The van der Waals surface area contributed by atoms with Crippen LogP contribution < -0.4 is 10.5 Å². The maximum atomic E-state index is 13.4. The zero-order valence-corrected chi connectivity index (χ0v) is 12.5. The van der Waals surface area contributed by atoms with E-state index in [0.29, 0.717) is 6.54 Å². The molecule has 0 atom stereocenters. The first kappa shape index (κ1) is 15.3. The van der Waals surface area contributed by atoms with Gasteiger partial charge in [0.2, 0.25) is 10.0 Å².